The van der Waals surface area contributed by atoms with Crippen LogP contribution in [0.1, 0.15) is 34.1 Å². The predicted molar refractivity (Wildman–Crippen MR) is 65.8 cm³/mol. The van der Waals surface area contributed by atoms with Gasteiger partial charge in [-0.25, -0.2) is 0 Å². The Morgan fingerprint density at radius 2 is 1.94 bits per heavy atom. The molecular weight excluding hydrogens is 220 g/mol. The Labute approximate surface area is 104 Å². The molecule has 0 aromatic carbocycles. The molecule has 1 N–H and O–H groups in total. The lowest BCUT2D eigenvalue weighted by Gasteiger charge is -2.38. The van der Waals surface area contributed by atoms with Gasteiger partial charge in [0.1, 0.15) is 6.79 Å². The Morgan fingerprint density at radius 1 is 1.35 bits per heavy atom. The van der Waals surface area contributed by atoms with Gasteiger partial charge in [0.15, 0.2) is 0 Å². The third-order valence-electron chi connectivity index (χ3n) is 3.88. The Balaban J connectivity index is 2.47. The summed E-state index contributed by atoms with van der Waals surface area (Å²) in [7, 11) is 0. The van der Waals surface area contributed by atoms with Crippen molar-refractivity contribution >= 4 is 0 Å². The van der Waals surface area contributed by atoms with Crippen LogP contribution < -0.4 is 0 Å². The molecule has 0 amide bonds. The van der Waals surface area contributed by atoms with Crippen LogP contribution in [0, 0.1) is 10.8 Å². The molecule has 0 aromatic rings. The van der Waals surface area contributed by atoms with E-state index in [0.717, 1.165) is 6.42 Å². The molecular formula is C13H26O4. The highest BCUT2D eigenvalue weighted by Crippen LogP contribution is 2.30. The minimum Gasteiger partial charge on any atom is -0.396 e. The normalized spacial score (nSPS) is 22.4. The van der Waals surface area contributed by atoms with Gasteiger partial charge in [-0.05, 0) is 13.3 Å². The van der Waals surface area contributed by atoms with Crippen LogP contribution in [0.4, 0.5) is 0 Å². The summed E-state index contributed by atoms with van der Waals surface area (Å²) in [5.41, 5.74) is -0.247. The highest BCUT2D eigenvalue weighted by atomic mass is 16.7. The number of ether oxygens (including phenoxy) is 3. The van der Waals surface area contributed by atoms with Crippen molar-refractivity contribution < 1.29 is 19.3 Å². The van der Waals surface area contributed by atoms with Gasteiger partial charge in [0, 0.05) is 10.8 Å². The number of aliphatic hydroxyl groups is 1. The van der Waals surface area contributed by atoms with E-state index in [4.69, 9.17) is 14.2 Å². The summed E-state index contributed by atoms with van der Waals surface area (Å²) in [5.74, 6) is 0. The van der Waals surface area contributed by atoms with Crippen LogP contribution in [-0.4, -0.2) is 44.4 Å². The van der Waals surface area contributed by atoms with Crippen molar-refractivity contribution in [3.8, 4) is 0 Å². The van der Waals surface area contributed by atoms with E-state index in [1.165, 1.54) is 0 Å². The molecule has 1 rings (SSSR count). The molecule has 1 saturated heterocycles. The van der Waals surface area contributed by atoms with Crippen LogP contribution in [0.15, 0.2) is 0 Å². The lowest BCUT2D eigenvalue weighted by atomic mass is 9.86. The molecule has 1 unspecified atom stereocenters. The number of rotatable bonds is 6. The molecule has 4 nitrogen and oxygen atoms in total. The monoisotopic (exact) mass is 246 g/mol. The van der Waals surface area contributed by atoms with Crippen molar-refractivity contribution in [2.24, 2.45) is 10.8 Å². The Hall–Kier alpha value is -0.160. The van der Waals surface area contributed by atoms with E-state index in [1.54, 1.807) is 0 Å². The molecule has 0 bridgehead atoms. The zero-order valence-electron chi connectivity index (χ0n) is 11.5. The second-order valence-electron chi connectivity index (χ2n) is 5.77. The fourth-order valence-electron chi connectivity index (χ4n) is 1.66. The highest BCUT2D eigenvalue weighted by Gasteiger charge is 2.35. The standard InChI is InChI=1S/C13H26O4/c1-5-13(7-15-10-16-8-13)9-17-11(2)12(3,4)6-14/h11,14H,5-10H2,1-4H3. The first-order valence-corrected chi connectivity index (χ1v) is 6.34. The van der Waals surface area contributed by atoms with Crippen LogP contribution in [0.3, 0.4) is 0 Å². The van der Waals surface area contributed by atoms with E-state index < -0.39 is 0 Å². The van der Waals surface area contributed by atoms with Gasteiger partial charge >= 0.3 is 0 Å². The molecule has 0 aromatic heterocycles. The Morgan fingerprint density at radius 3 is 2.41 bits per heavy atom. The topological polar surface area (TPSA) is 47.9 Å². The van der Waals surface area contributed by atoms with Gasteiger partial charge in [-0.3, -0.25) is 0 Å². The van der Waals surface area contributed by atoms with Gasteiger partial charge in [-0.1, -0.05) is 20.8 Å². The van der Waals surface area contributed by atoms with Gasteiger partial charge in [-0.15, -0.1) is 0 Å². The summed E-state index contributed by atoms with van der Waals surface area (Å²) in [6.45, 7) is 10.7. The van der Waals surface area contributed by atoms with Crippen molar-refractivity contribution in [1.82, 2.24) is 0 Å². The molecule has 0 radical (unpaired) electrons. The second-order valence-corrected chi connectivity index (χ2v) is 5.77. The van der Waals surface area contributed by atoms with Crippen molar-refractivity contribution in [2.45, 2.75) is 40.2 Å². The van der Waals surface area contributed by atoms with Gasteiger partial charge in [0.05, 0.1) is 32.5 Å². The zero-order chi connectivity index (χ0) is 12.9. The van der Waals surface area contributed by atoms with E-state index in [1.807, 2.05) is 20.8 Å². The SMILES string of the molecule is CCC1(COC(C)C(C)(C)CO)COCOC1. The smallest absolute Gasteiger partial charge is 0.146 e. The largest absolute Gasteiger partial charge is 0.396 e. The summed E-state index contributed by atoms with van der Waals surface area (Å²) >= 11 is 0. The minimum absolute atomic E-state index is 0.0119. The van der Waals surface area contributed by atoms with E-state index in [9.17, 15) is 5.11 Å². The first-order chi connectivity index (χ1) is 7.96. The van der Waals surface area contributed by atoms with Crippen LogP contribution in [0.25, 0.3) is 0 Å². The van der Waals surface area contributed by atoms with Crippen LogP contribution in [0.5, 0.6) is 0 Å². The maximum Gasteiger partial charge on any atom is 0.146 e. The molecule has 0 spiro atoms. The fraction of sp³-hybridized carbons (Fsp3) is 1.00. The quantitative estimate of drug-likeness (QED) is 0.776. The molecule has 1 aliphatic heterocycles. The maximum atomic E-state index is 9.29. The van der Waals surface area contributed by atoms with Crippen molar-refractivity contribution in [3.05, 3.63) is 0 Å². The molecule has 1 atom stereocenters. The minimum atomic E-state index is -0.217. The van der Waals surface area contributed by atoms with E-state index in [0.29, 0.717) is 26.6 Å². The van der Waals surface area contributed by atoms with Crippen molar-refractivity contribution in [1.29, 1.82) is 0 Å². The molecule has 1 fully saturated rings. The first kappa shape index (κ1) is 14.9. The Bertz CT molecular complexity index is 221. The molecule has 1 heterocycles. The summed E-state index contributed by atoms with van der Waals surface area (Å²) in [5, 5.41) is 9.29. The number of hydrogen-bond donors (Lipinski definition) is 1. The van der Waals surface area contributed by atoms with Crippen LogP contribution in [-0.2, 0) is 14.2 Å². The molecule has 102 valence electrons. The summed E-state index contributed by atoms with van der Waals surface area (Å²) in [6.07, 6.45) is 0.983. The fourth-order valence-corrected chi connectivity index (χ4v) is 1.66. The molecule has 0 aliphatic carbocycles. The molecule has 0 saturated carbocycles. The second kappa shape index (κ2) is 6.14. The average molecular weight is 246 g/mol. The van der Waals surface area contributed by atoms with E-state index in [-0.39, 0.29) is 23.5 Å². The van der Waals surface area contributed by atoms with Crippen LogP contribution in [0.2, 0.25) is 0 Å². The predicted octanol–water partition coefficient (Wildman–Crippen LogP) is 1.81. The zero-order valence-corrected chi connectivity index (χ0v) is 11.5. The summed E-state index contributed by atoms with van der Waals surface area (Å²) in [6, 6.07) is 0. The third kappa shape index (κ3) is 3.91. The number of aliphatic hydroxyl groups excluding tert-OH is 1. The lowest BCUT2D eigenvalue weighted by molar-refractivity contribution is -0.192. The van der Waals surface area contributed by atoms with Crippen molar-refractivity contribution in [3.63, 3.8) is 0 Å². The lowest BCUT2D eigenvalue weighted by Crippen LogP contribution is -2.43. The number of hydrogen-bond acceptors (Lipinski definition) is 4. The van der Waals surface area contributed by atoms with Crippen LogP contribution >= 0.6 is 0 Å². The average Bonchev–Trinajstić information content (AvgIpc) is 2.37. The van der Waals surface area contributed by atoms with Gasteiger partial charge in [0.2, 0.25) is 0 Å². The van der Waals surface area contributed by atoms with Gasteiger partial charge in [-0.2, -0.15) is 0 Å². The van der Waals surface area contributed by atoms with Gasteiger partial charge < -0.3 is 19.3 Å². The summed E-state index contributed by atoms with van der Waals surface area (Å²) < 4.78 is 16.6. The molecule has 17 heavy (non-hydrogen) atoms. The Kier molecular flexibility index (Phi) is 5.38. The molecule has 1 aliphatic rings. The maximum absolute atomic E-state index is 9.29. The highest BCUT2D eigenvalue weighted by molar-refractivity contribution is 4.81. The molecule has 4 heteroatoms. The summed E-state index contributed by atoms with van der Waals surface area (Å²) in [4.78, 5) is 0. The van der Waals surface area contributed by atoms with E-state index in [2.05, 4.69) is 6.92 Å². The van der Waals surface area contributed by atoms with Gasteiger partial charge in [0.25, 0.3) is 0 Å². The van der Waals surface area contributed by atoms with Crippen molar-refractivity contribution in [2.75, 3.05) is 33.2 Å². The third-order valence-corrected chi connectivity index (χ3v) is 3.88. The first-order valence-electron chi connectivity index (χ1n) is 6.34. The van der Waals surface area contributed by atoms with E-state index >= 15 is 0 Å².